The van der Waals surface area contributed by atoms with E-state index in [2.05, 4.69) is 42.4 Å². The summed E-state index contributed by atoms with van der Waals surface area (Å²) in [6.45, 7) is 2.76. The van der Waals surface area contributed by atoms with Crippen LogP contribution in [0.1, 0.15) is 44.9 Å². The Morgan fingerprint density at radius 1 is 1.14 bits per heavy atom. The topological polar surface area (TPSA) is 143 Å². The molecule has 1 aromatic carbocycles. The summed E-state index contributed by atoms with van der Waals surface area (Å²) in [6.07, 6.45) is 7.77. The van der Waals surface area contributed by atoms with Crippen LogP contribution in [0.15, 0.2) is 30.6 Å². The number of hydrogen-bond donors (Lipinski definition) is 4. The van der Waals surface area contributed by atoms with Gasteiger partial charge in [0.1, 0.15) is 11.3 Å². The summed E-state index contributed by atoms with van der Waals surface area (Å²) in [5.41, 5.74) is 2.31. The van der Waals surface area contributed by atoms with Gasteiger partial charge >= 0.3 is 5.97 Å². The van der Waals surface area contributed by atoms with Gasteiger partial charge in [0, 0.05) is 18.2 Å². The van der Waals surface area contributed by atoms with Crippen molar-refractivity contribution in [2.45, 2.75) is 51.0 Å². The number of benzene rings is 1. The number of nitrogens with zero attached hydrogens (tertiary/aromatic N) is 4. The normalized spacial score (nSPS) is 14.7. The molecule has 1 aliphatic rings. The van der Waals surface area contributed by atoms with Gasteiger partial charge in [0.15, 0.2) is 11.5 Å². The maximum Gasteiger partial charge on any atom is 0.324 e. The van der Waals surface area contributed by atoms with Crippen LogP contribution in [0.25, 0.3) is 11.2 Å². The number of anilines is 3. The highest BCUT2D eigenvalue weighted by Gasteiger charge is 2.19. The van der Waals surface area contributed by atoms with E-state index in [1.807, 2.05) is 24.3 Å². The Hall–Kier alpha value is -3.44. The Balaban J connectivity index is 1.27. The van der Waals surface area contributed by atoms with Crippen LogP contribution < -0.4 is 21.3 Å². The predicted molar refractivity (Wildman–Crippen MR) is 134 cm³/mol. The number of fused-ring (bicyclic) bond motifs is 1. The van der Waals surface area contributed by atoms with Crippen molar-refractivity contribution in [2.24, 2.45) is 5.90 Å². The number of likely N-dealkylation sites (tertiary alicyclic amines) is 1. The van der Waals surface area contributed by atoms with E-state index in [0.717, 1.165) is 74.4 Å². The third-order valence-electron chi connectivity index (χ3n) is 6.13. The molecule has 0 amide bonds. The van der Waals surface area contributed by atoms with Gasteiger partial charge in [0.05, 0.1) is 12.9 Å². The lowest BCUT2D eigenvalue weighted by Crippen LogP contribution is -2.37. The number of nitrogens with one attached hydrogen (secondary N) is 3. The van der Waals surface area contributed by atoms with E-state index in [1.165, 1.54) is 0 Å². The van der Waals surface area contributed by atoms with Gasteiger partial charge in [-0.05, 0) is 70.1 Å². The molecule has 0 aliphatic carbocycles. The third kappa shape index (κ3) is 7.27. The number of piperidine rings is 1. The Kier molecular flexibility index (Phi) is 8.68. The highest BCUT2D eigenvalue weighted by atomic mass is 16.7. The van der Waals surface area contributed by atoms with E-state index >= 15 is 0 Å². The number of H-pyrrole nitrogens is 1. The van der Waals surface area contributed by atoms with Gasteiger partial charge in [0.25, 0.3) is 0 Å². The smallest absolute Gasteiger partial charge is 0.324 e. The number of ether oxygens (including phenoxy) is 1. The zero-order valence-corrected chi connectivity index (χ0v) is 20.1. The summed E-state index contributed by atoms with van der Waals surface area (Å²) in [7, 11) is 2.15. The molecule has 3 aromatic rings. The largest absolute Gasteiger partial charge is 0.494 e. The first-order valence-electron chi connectivity index (χ1n) is 12.2. The molecule has 1 fully saturated rings. The Labute approximate surface area is 204 Å². The highest BCUT2D eigenvalue weighted by molar-refractivity contribution is 5.84. The quantitative estimate of drug-likeness (QED) is 0.224. The average Bonchev–Trinajstić information content (AvgIpc) is 3.35. The second-order valence-corrected chi connectivity index (χ2v) is 8.87. The molecule has 0 atom stereocenters. The van der Waals surface area contributed by atoms with Gasteiger partial charge < -0.3 is 30.1 Å². The number of imidazole rings is 1. The van der Waals surface area contributed by atoms with Gasteiger partial charge in [-0.3, -0.25) is 4.79 Å². The lowest BCUT2D eigenvalue weighted by molar-refractivity contribution is -0.144. The van der Waals surface area contributed by atoms with Gasteiger partial charge in [0.2, 0.25) is 5.95 Å². The first-order valence-corrected chi connectivity index (χ1v) is 12.2. The number of hydrogen-bond acceptors (Lipinski definition) is 10. The van der Waals surface area contributed by atoms with Crippen LogP contribution in [0.2, 0.25) is 0 Å². The number of rotatable bonds is 12. The predicted octanol–water partition coefficient (Wildman–Crippen LogP) is 3.35. The molecular weight excluding hydrogens is 448 g/mol. The second-order valence-electron chi connectivity index (χ2n) is 8.87. The summed E-state index contributed by atoms with van der Waals surface area (Å²) in [5.74, 6) is 6.52. The van der Waals surface area contributed by atoms with Crippen LogP contribution in [0.3, 0.4) is 0 Å². The van der Waals surface area contributed by atoms with Crippen LogP contribution in [0.4, 0.5) is 17.5 Å². The van der Waals surface area contributed by atoms with Gasteiger partial charge in [-0.15, -0.1) is 0 Å². The van der Waals surface area contributed by atoms with E-state index in [1.54, 1.807) is 6.33 Å². The molecule has 3 heterocycles. The Morgan fingerprint density at radius 2 is 1.91 bits per heavy atom. The number of aromatic nitrogens is 4. The van der Waals surface area contributed by atoms with Crippen LogP contribution >= 0.6 is 0 Å². The molecular formula is C24H34N8O3. The van der Waals surface area contributed by atoms with Crippen LogP contribution in [-0.2, 0) is 9.63 Å². The second kappa shape index (κ2) is 12.3. The molecule has 2 aromatic heterocycles. The number of carbonyl (C=O) groups excluding carboxylic acids is 1. The molecule has 1 aliphatic heterocycles. The van der Waals surface area contributed by atoms with Crippen molar-refractivity contribution in [3.05, 3.63) is 30.6 Å². The molecule has 35 heavy (non-hydrogen) atoms. The van der Waals surface area contributed by atoms with E-state index in [9.17, 15) is 4.79 Å². The summed E-state index contributed by atoms with van der Waals surface area (Å²) in [5, 5.41) is 6.85. The lowest BCUT2D eigenvalue weighted by atomic mass is 10.1. The molecule has 188 valence electrons. The van der Waals surface area contributed by atoms with E-state index < -0.39 is 0 Å². The standard InChI is InChI=1S/C24H34N8O3/c1-32-13-11-18(12-14-32)28-23-21-22(27-16-26-21)30-24(31-23)29-17-7-9-19(10-8-17)34-15-5-3-2-4-6-20(33)35-25/h7-10,16,18H,2-6,11-15,25H2,1H3,(H3,26,27,28,29,30,31). The fourth-order valence-electron chi connectivity index (χ4n) is 4.08. The van der Waals surface area contributed by atoms with Crippen LogP contribution in [-0.4, -0.2) is 63.6 Å². The van der Waals surface area contributed by atoms with E-state index in [4.69, 9.17) is 15.6 Å². The average molecular weight is 483 g/mol. The SMILES string of the molecule is CN1CCC(Nc2nc(Nc3ccc(OCCCCCCC(=O)ON)cc3)nc3nc[nH]c23)CC1. The van der Waals surface area contributed by atoms with Crippen molar-refractivity contribution in [2.75, 3.05) is 37.4 Å². The number of unbranched alkanes of at least 4 members (excludes halogenated alkanes) is 3. The third-order valence-corrected chi connectivity index (χ3v) is 6.13. The fraction of sp³-hybridized carbons (Fsp3) is 0.500. The molecule has 0 bridgehead atoms. The molecule has 0 saturated carbocycles. The van der Waals surface area contributed by atoms with Crippen LogP contribution in [0.5, 0.6) is 5.75 Å². The molecule has 4 rings (SSSR count). The molecule has 5 N–H and O–H groups in total. The minimum atomic E-state index is -0.366. The van der Waals surface area contributed by atoms with E-state index in [-0.39, 0.29) is 5.97 Å². The van der Waals surface area contributed by atoms with Crippen molar-refractivity contribution >= 4 is 34.6 Å². The summed E-state index contributed by atoms with van der Waals surface area (Å²) in [6, 6.07) is 8.10. The van der Waals surface area contributed by atoms with Crippen molar-refractivity contribution in [1.82, 2.24) is 24.8 Å². The zero-order valence-electron chi connectivity index (χ0n) is 20.1. The van der Waals surface area contributed by atoms with Crippen molar-refractivity contribution in [1.29, 1.82) is 0 Å². The molecule has 11 nitrogen and oxygen atoms in total. The minimum absolute atomic E-state index is 0.359. The number of carbonyl (C=O) groups is 1. The molecule has 11 heteroatoms. The Bertz CT molecular complexity index is 1080. The lowest BCUT2D eigenvalue weighted by Gasteiger charge is -2.29. The molecule has 1 saturated heterocycles. The first kappa shape index (κ1) is 24.7. The summed E-state index contributed by atoms with van der Waals surface area (Å²) in [4.78, 5) is 34.2. The van der Waals surface area contributed by atoms with Crippen molar-refractivity contribution < 1.29 is 14.4 Å². The monoisotopic (exact) mass is 482 g/mol. The van der Waals surface area contributed by atoms with E-state index in [0.29, 0.717) is 30.7 Å². The number of nitrogens with two attached hydrogens (primary N) is 1. The van der Waals surface area contributed by atoms with Gasteiger partial charge in [-0.2, -0.15) is 15.9 Å². The summed E-state index contributed by atoms with van der Waals surface area (Å²) < 4.78 is 5.82. The molecule has 0 spiro atoms. The van der Waals surface area contributed by atoms with Crippen molar-refractivity contribution in [3.63, 3.8) is 0 Å². The minimum Gasteiger partial charge on any atom is -0.494 e. The zero-order chi connectivity index (χ0) is 24.5. The molecule has 0 radical (unpaired) electrons. The van der Waals surface area contributed by atoms with Gasteiger partial charge in [-0.1, -0.05) is 12.8 Å². The van der Waals surface area contributed by atoms with Gasteiger partial charge in [-0.25, -0.2) is 4.98 Å². The van der Waals surface area contributed by atoms with Crippen molar-refractivity contribution in [3.8, 4) is 5.75 Å². The maximum absolute atomic E-state index is 11.0. The molecule has 0 unspecified atom stereocenters. The highest BCUT2D eigenvalue weighted by Crippen LogP contribution is 2.24. The van der Waals surface area contributed by atoms with Crippen LogP contribution in [0, 0.1) is 0 Å². The Morgan fingerprint density at radius 3 is 2.69 bits per heavy atom. The summed E-state index contributed by atoms with van der Waals surface area (Å²) >= 11 is 0. The maximum atomic E-state index is 11.0. The number of aromatic amines is 1. The first-order chi connectivity index (χ1) is 17.1. The fourth-order valence-corrected chi connectivity index (χ4v) is 4.08.